The van der Waals surface area contributed by atoms with E-state index in [4.69, 9.17) is 9.47 Å². The van der Waals surface area contributed by atoms with Crippen LogP contribution in [0.4, 0.5) is 0 Å². The lowest BCUT2D eigenvalue weighted by molar-refractivity contribution is -0.135. The van der Waals surface area contributed by atoms with E-state index in [9.17, 15) is 9.59 Å². The number of carbonyl (C=O) groups is 1. The van der Waals surface area contributed by atoms with Crippen molar-refractivity contribution in [1.29, 1.82) is 0 Å². The number of nitrogens with zero attached hydrogens (tertiary/aromatic N) is 1. The van der Waals surface area contributed by atoms with E-state index in [1.165, 1.54) is 0 Å². The molecule has 1 unspecified atom stereocenters. The summed E-state index contributed by atoms with van der Waals surface area (Å²) in [6.45, 7) is 0. The Balaban J connectivity index is 2.00. The molecule has 0 amide bonds. The first kappa shape index (κ1) is 16.8. The molecule has 3 aromatic rings. The van der Waals surface area contributed by atoms with Crippen LogP contribution in [0, 0.1) is 0 Å². The van der Waals surface area contributed by atoms with Gasteiger partial charge in [0.1, 0.15) is 11.5 Å². The Morgan fingerprint density at radius 3 is 2.69 bits per heavy atom. The van der Waals surface area contributed by atoms with Gasteiger partial charge in [-0.1, -0.05) is 18.2 Å². The summed E-state index contributed by atoms with van der Waals surface area (Å²) in [4.78, 5) is 25.4. The van der Waals surface area contributed by atoms with Gasteiger partial charge in [0.15, 0.2) is 0 Å². The quantitative estimate of drug-likeness (QED) is 0.600. The van der Waals surface area contributed by atoms with E-state index in [-0.39, 0.29) is 23.9 Å². The molecule has 1 aliphatic rings. The summed E-state index contributed by atoms with van der Waals surface area (Å²) in [6.07, 6.45) is 0.124. The van der Waals surface area contributed by atoms with E-state index in [2.05, 4.69) is 15.9 Å². The lowest BCUT2D eigenvalue weighted by Crippen LogP contribution is -2.31. The molecule has 1 atom stereocenters. The molecule has 1 aliphatic heterocycles. The molecule has 26 heavy (non-hydrogen) atoms. The number of pyridine rings is 1. The van der Waals surface area contributed by atoms with Crippen LogP contribution in [0.15, 0.2) is 51.7 Å². The van der Waals surface area contributed by atoms with E-state index >= 15 is 0 Å². The highest BCUT2D eigenvalue weighted by molar-refractivity contribution is 9.10. The van der Waals surface area contributed by atoms with Crippen LogP contribution in [0.2, 0.25) is 0 Å². The third-order valence-electron chi connectivity index (χ3n) is 4.80. The van der Waals surface area contributed by atoms with Crippen LogP contribution in [0.5, 0.6) is 11.5 Å². The van der Waals surface area contributed by atoms with Crippen LogP contribution < -0.4 is 15.0 Å². The number of aromatic nitrogens is 1. The largest absolute Gasteiger partial charge is 0.496 e. The zero-order valence-electron chi connectivity index (χ0n) is 14.3. The number of aryl methyl sites for hydroxylation is 1. The Hall–Kier alpha value is -2.60. The smallest absolute Gasteiger partial charge is 0.312 e. The number of hydrogen-bond donors (Lipinski definition) is 0. The highest BCUT2D eigenvalue weighted by Gasteiger charge is 2.33. The maximum Gasteiger partial charge on any atom is 0.312 e. The van der Waals surface area contributed by atoms with Gasteiger partial charge < -0.3 is 14.0 Å². The van der Waals surface area contributed by atoms with Crippen molar-refractivity contribution < 1.29 is 14.3 Å². The fourth-order valence-electron chi connectivity index (χ4n) is 3.52. The molecule has 0 fully saturated rings. The zero-order valence-corrected chi connectivity index (χ0v) is 15.9. The van der Waals surface area contributed by atoms with Gasteiger partial charge in [0, 0.05) is 18.4 Å². The molecule has 0 N–H and O–H groups in total. The molecule has 0 spiro atoms. The number of rotatable bonds is 2. The average molecular weight is 414 g/mol. The third kappa shape index (κ3) is 2.52. The lowest BCUT2D eigenvalue weighted by Gasteiger charge is -2.26. The summed E-state index contributed by atoms with van der Waals surface area (Å²) < 4.78 is 13.2. The fraction of sp³-hybridized carbons (Fsp3) is 0.200. The SMILES string of the molecule is COc1ccc(C2CC(=O)Oc3c2c(=O)n(C)c2ccccc32)cc1Br. The second kappa shape index (κ2) is 6.29. The van der Waals surface area contributed by atoms with Crippen molar-refractivity contribution in [2.75, 3.05) is 7.11 Å². The second-order valence-corrected chi connectivity index (χ2v) is 7.10. The summed E-state index contributed by atoms with van der Waals surface area (Å²) in [5.41, 5.74) is 1.97. The van der Waals surface area contributed by atoms with Crippen molar-refractivity contribution in [3.05, 3.63) is 68.4 Å². The Morgan fingerprint density at radius 2 is 1.96 bits per heavy atom. The molecule has 6 heteroatoms. The minimum atomic E-state index is -0.364. The van der Waals surface area contributed by atoms with Gasteiger partial charge in [-0.15, -0.1) is 0 Å². The molecule has 4 rings (SSSR count). The summed E-state index contributed by atoms with van der Waals surface area (Å²) in [5, 5.41) is 0.759. The number of esters is 1. The molecule has 0 saturated carbocycles. The summed E-state index contributed by atoms with van der Waals surface area (Å²) >= 11 is 3.48. The molecular weight excluding hydrogens is 398 g/mol. The fourth-order valence-corrected chi connectivity index (χ4v) is 4.07. The minimum Gasteiger partial charge on any atom is -0.496 e. The molecule has 0 aliphatic carbocycles. The van der Waals surface area contributed by atoms with Gasteiger partial charge in [-0.3, -0.25) is 9.59 Å². The minimum absolute atomic E-state index is 0.124. The number of carbonyl (C=O) groups excluding carboxylic acids is 1. The lowest BCUT2D eigenvalue weighted by atomic mass is 9.86. The predicted octanol–water partition coefficient (Wildman–Crippen LogP) is 3.75. The molecule has 5 nitrogen and oxygen atoms in total. The van der Waals surface area contributed by atoms with E-state index in [1.54, 1.807) is 18.7 Å². The van der Waals surface area contributed by atoms with E-state index in [0.717, 1.165) is 20.9 Å². The normalized spacial score (nSPS) is 16.3. The summed E-state index contributed by atoms with van der Waals surface area (Å²) in [5.74, 6) is 0.361. The predicted molar refractivity (Wildman–Crippen MR) is 102 cm³/mol. The molecule has 2 heterocycles. The van der Waals surface area contributed by atoms with Crippen molar-refractivity contribution in [1.82, 2.24) is 4.57 Å². The van der Waals surface area contributed by atoms with Crippen LogP contribution in [0.3, 0.4) is 0 Å². The highest BCUT2D eigenvalue weighted by atomic mass is 79.9. The van der Waals surface area contributed by atoms with Crippen molar-refractivity contribution >= 4 is 32.8 Å². The van der Waals surface area contributed by atoms with E-state index < -0.39 is 0 Å². The summed E-state index contributed by atoms with van der Waals surface area (Å²) in [6, 6.07) is 13.0. The van der Waals surface area contributed by atoms with Gasteiger partial charge in [0.05, 0.1) is 29.1 Å². The van der Waals surface area contributed by atoms with E-state index in [1.807, 2.05) is 42.5 Å². The van der Waals surface area contributed by atoms with Crippen molar-refractivity contribution in [3.8, 4) is 11.5 Å². The number of benzene rings is 2. The van der Waals surface area contributed by atoms with Crippen LogP contribution in [-0.4, -0.2) is 17.6 Å². The number of ether oxygens (including phenoxy) is 2. The Kier molecular flexibility index (Phi) is 4.07. The summed E-state index contributed by atoms with van der Waals surface area (Å²) in [7, 11) is 3.33. The van der Waals surface area contributed by atoms with Gasteiger partial charge >= 0.3 is 5.97 Å². The monoisotopic (exact) mass is 413 g/mol. The Labute approximate surface area is 158 Å². The second-order valence-electron chi connectivity index (χ2n) is 6.25. The average Bonchev–Trinajstić information content (AvgIpc) is 2.65. The zero-order chi connectivity index (χ0) is 18.4. The maximum absolute atomic E-state index is 13.1. The molecule has 0 radical (unpaired) electrons. The molecule has 0 saturated heterocycles. The van der Waals surface area contributed by atoms with Gasteiger partial charge in [-0.2, -0.15) is 0 Å². The number of methoxy groups -OCH3 is 1. The van der Waals surface area contributed by atoms with Crippen molar-refractivity contribution in [3.63, 3.8) is 0 Å². The van der Waals surface area contributed by atoms with Crippen LogP contribution in [0.25, 0.3) is 10.9 Å². The maximum atomic E-state index is 13.1. The molecule has 132 valence electrons. The Morgan fingerprint density at radius 1 is 1.19 bits per heavy atom. The third-order valence-corrected chi connectivity index (χ3v) is 5.42. The number of para-hydroxylation sites is 1. The van der Waals surface area contributed by atoms with Crippen LogP contribution >= 0.6 is 15.9 Å². The first-order valence-electron chi connectivity index (χ1n) is 8.17. The van der Waals surface area contributed by atoms with Gasteiger partial charge in [-0.05, 0) is 45.8 Å². The highest BCUT2D eigenvalue weighted by Crippen LogP contribution is 2.41. The first-order valence-corrected chi connectivity index (χ1v) is 8.96. The number of hydrogen-bond acceptors (Lipinski definition) is 4. The Bertz CT molecular complexity index is 1100. The molecule has 2 aromatic carbocycles. The van der Waals surface area contributed by atoms with Crippen LogP contribution in [-0.2, 0) is 11.8 Å². The topological polar surface area (TPSA) is 57.5 Å². The molecule has 1 aromatic heterocycles. The standard InChI is InChI=1S/C20H16BrNO4/c1-22-15-6-4-3-5-12(15)19-18(20(22)24)13(10-17(23)26-19)11-7-8-16(25-2)14(21)9-11/h3-9,13H,10H2,1-2H3. The molecular formula is C20H16BrNO4. The van der Waals surface area contributed by atoms with Gasteiger partial charge in [0.25, 0.3) is 5.56 Å². The van der Waals surface area contributed by atoms with Crippen molar-refractivity contribution in [2.24, 2.45) is 7.05 Å². The number of fused-ring (bicyclic) bond motifs is 3. The first-order chi connectivity index (χ1) is 12.5. The number of halogens is 1. The van der Waals surface area contributed by atoms with Gasteiger partial charge in [0.2, 0.25) is 0 Å². The van der Waals surface area contributed by atoms with Crippen molar-refractivity contribution in [2.45, 2.75) is 12.3 Å². The van der Waals surface area contributed by atoms with Gasteiger partial charge in [-0.25, -0.2) is 0 Å². The van der Waals surface area contributed by atoms with E-state index in [0.29, 0.717) is 17.1 Å². The molecule has 0 bridgehead atoms. The van der Waals surface area contributed by atoms with Crippen LogP contribution in [0.1, 0.15) is 23.5 Å².